The first kappa shape index (κ1) is 38.3. The van der Waals surface area contributed by atoms with Crippen LogP contribution in [0.5, 0.6) is 11.5 Å². The molecule has 0 bridgehead atoms. The molecule has 0 aliphatic carbocycles. The minimum absolute atomic E-state index is 0.428. The molecule has 0 saturated carbocycles. The predicted molar refractivity (Wildman–Crippen MR) is 178 cm³/mol. The number of carboxylic acids is 1. The molecule has 1 aliphatic rings. The highest BCUT2D eigenvalue weighted by atomic mass is 19.4. The molecule has 53 heavy (non-hydrogen) atoms. The lowest BCUT2D eigenvalue weighted by Crippen LogP contribution is -2.55. The van der Waals surface area contributed by atoms with E-state index in [9.17, 15) is 37.1 Å². The fourth-order valence-corrected chi connectivity index (χ4v) is 5.96. The summed E-state index contributed by atoms with van der Waals surface area (Å²) in [5, 5.41) is 10.9. The number of benzene rings is 3. The molecule has 17 heteroatoms. The van der Waals surface area contributed by atoms with E-state index in [1.165, 1.54) is 14.2 Å². The first-order chi connectivity index (χ1) is 25.3. The highest BCUT2D eigenvalue weighted by molar-refractivity contribution is 5.82. The number of halogens is 3. The van der Waals surface area contributed by atoms with Crippen molar-refractivity contribution in [1.29, 1.82) is 0 Å². The Kier molecular flexibility index (Phi) is 11.7. The molecule has 1 saturated heterocycles. The molecule has 2 heterocycles. The number of alkyl halides is 3. The third-order valence-electron chi connectivity index (χ3n) is 8.46. The Morgan fingerprint density at radius 3 is 1.92 bits per heavy atom. The topological polar surface area (TPSA) is 184 Å². The molecule has 4 aromatic rings. The summed E-state index contributed by atoms with van der Waals surface area (Å²) in [6.07, 6.45) is -10.5. The van der Waals surface area contributed by atoms with Gasteiger partial charge in [0.1, 0.15) is 42.0 Å². The van der Waals surface area contributed by atoms with Gasteiger partial charge in [-0.2, -0.15) is 13.2 Å². The maximum absolute atomic E-state index is 13.9. The molecule has 3 N–H and O–H groups in total. The van der Waals surface area contributed by atoms with Crippen LogP contribution in [0.1, 0.15) is 35.8 Å². The van der Waals surface area contributed by atoms with Gasteiger partial charge in [-0.05, 0) is 41.0 Å². The average molecular weight is 742 g/mol. The van der Waals surface area contributed by atoms with Gasteiger partial charge in [0.05, 0.1) is 27.1 Å². The maximum Gasteiger partial charge on any atom is 0.471 e. The third kappa shape index (κ3) is 8.58. The molecule has 3 aromatic carbocycles. The molecule has 0 radical (unpaired) electrons. The second-order valence-electron chi connectivity index (χ2n) is 11.7. The fraction of sp³-hybridized carbons (Fsp3) is 0.306. The van der Waals surface area contributed by atoms with E-state index < -0.39 is 84.8 Å². The molecular weight excluding hydrogens is 707 g/mol. The molecule has 1 amide bonds. The number of carbonyl (C=O) groups excluding carboxylic acids is 2. The SMILES string of the molecule is COc1ccc(C(O[C@H]2[C@@H](NC(=O)C(F)(F)F)[C@H](n3ccc(=O)[nH]c3=O)O[C@@H]2COC(=O)CCC(=O)O)(c2ccccc2)c2ccc(OC)cc2)cc1. The molecule has 14 nitrogen and oxygen atoms in total. The summed E-state index contributed by atoms with van der Waals surface area (Å²) < 4.78 is 71.7. The number of H-pyrrole nitrogens is 1. The number of hydrogen-bond acceptors (Lipinski definition) is 10. The van der Waals surface area contributed by atoms with Crippen LogP contribution >= 0.6 is 0 Å². The number of nitrogens with zero attached hydrogens (tertiary/aromatic N) is 1. The Balaban J connectivity index is 1.74. The van der Waals surface area contributed by atoms with Crippen molar-refractivity contribution in [2.45, 2.75) is 49.1 Å². The zero-order valence-corrected chi connectivity index (χ0v) is 28.2. The van der Waals surface area contributed by atoms with Crippen LogP contribution in [0.25, 0.3) is 0 Å². The second-order valence-corrected chi connectivity index (χ2v) is 11.7. The van der Waals surface area contributed by atoms with Crippen LogP contribution < -0.4 is 26.0 Å². The fourth-order valence-electron chi connectivity index (χ4n) is 5.96. The van der Waals surface area contributed by atoms with Crippen molar-refractivity contribution in [2.24, 2.45) is 0 Å². The molecule has 1 aromatic heterocycles. The minimum atomic E-state index is -5.41. The Bertz CT molecular complexity index is 1970. The Hall–Kier alpha value is -5.94. The number of hydrogen-bond donors (Lipinski definition) is 3. The van der Waals surface area contributed by atoms with Gasteiger partial charge in [0, 0.05) is 12.3 Å². The van der Waals surface area contributed by atoms with E-state index in [0.29, 0.717) is 28.2 Å². The van der Waals surface area contributed by atoms with Crippen molar-refractivity contribution in [3.63, 3.8) is 0 Å². The number of nitrogens with one attached hydrogen (secondary N) is 2. The number of aromatic amines is 1. The van der Waals surface area contributed by atoms with E-state index in [2.05, 4.69) is 0 Å². The van der Waals surface area contributed by atoms with Crippen LogP contribution in [0.2, 0.25) is 0 Å². The van der Waals surface area contributed by atoms with Gasteiger partial charge in [0.2, 0.25) is 0 Å². The zero-order valence-electron chi connectivity index (χ0n) is 28.2. The highest BCUT2D eigenvalue weighted by Crippen LogP contribution is 2.46. The third-order valence-corrected chi connectivity index (χ3v) is 8.46. The monoisotopic (exact) mass is 741 g/mol. The number of carboxylic acid groups (broad SMARTS) is 1. The first-order valence-electron chi connectivity index (χ1n) is 16.0. The van der Waals surface area contributed by atoms with Crippen LogP contribution in [0, 0.1) is 0 Å². The molecule has 1 aliphatic heterocycles. The van der Waals surface area contributed by atoms with Crippen molar-refractivity contribution in [3.05, 3.63) is 129 Å². The van der Waals surface area contributed by atoms with Crippen LogP contribution in [0.3, 0.4) is 0 Å². The van der Waals surface area contributed by atoms with Crippen LogP contribution in [-0.4, -0.2) is 77.8 Å². The van der Waals surface area contributed by atoms with Gasteiger partial charge in [-0.1, -0.05) is 54.6 Å². The smallest absolute Gasteiger partial charge is 0.471 e. The molecular formula is C36H34F3N3O11. The number of amides is 1. The molecule has 4 atom stereocenters. The van der Waals surface area contributed by atoms with E-state index >= 15 is 0 Å². The van der Waals surface area contributed by atoms with Gasteiger partial charge in [-0.15, -0.1) is 0 Å². The normalized spacial score (nSPS) is 18.6. The van der Waals surface area contributed by atoms with Crippen LogP contribution in [0.15, 0.2) is 101 Å². The average Bonchev–Trinajstić information content (AvgIpc) is 3.47. The van der Waals surface area contributed by atoms with Gasteiger partial charge in [-0.3, -0.25) is 28.7 Å². The number of ether oxygens (including phenoxy) is 5. The predicted octanol–water partition coefficient (Wildman–Crippen LogP) is 3.28. The Labute approximate surface area is 299 Å². The molecule has 0 spiro atoms. The lowest BCUT2D eigenvalue weighted by atomic mass is 9.79. The summed E-state index contributed by atoms with van der Waals surface area (Å²) in [4.78, 5) is 63.3. The van der Waals surface area contributed by atoms with Crippen molar-refractivity contribution in [3.8, 4) is 11.5 Å². The maximum atomic E-state index is 13.9. The van der Waals surface area contributed by atoms with Crippen LogP contribution in [-0.2, 0) is 34.2 Å². The van der Waals surface area contributed by atoms with Crippen molar-refractivity contribution in [2.75, 3.05) is 20.8 Å². The van der Waals surface area contributed by atoms with Crippen molar-refractivity contribution in [1.82, 2.24) is 14.9 Å². The zero-order chi connectivity index (χ0) is 38.3. The number of rotatable bonds is 14. The number of methoxy groups -OCH3 is 2. The largest absolute Gasteiger partial charge is 0.497 e. The minimum Gasteiger partial charge on any atom is -0.497 e. The summed E-state index contributed by atoms with van der Waals surface area (Å²) in [5.41, 5.74) is -2.33. The second kappa shape index (κ2) is 16.2. The summed E-state index contributed by atoms with van der Waals surface area (Å²) in [6.45, 7) is -0.716. The van der Waals surface area contributed by atoms with E-state index in [1.807, 2.05) is 10.3 Å². The van der Waals surface area contributed by atoms with Gasteiger partial charge < -0.3 is 34.1 Å². The van der Waals surface area contributed by atoms with E-state index in [0.717, 1.165) is 16.8 Å². The van der Waals surface area contributed by atoms with Crippen molar-refractivity contribution >= 4 is 17.8 Å². The van der Waals surface area contributed by atoms with Gasteiger partial charge in [-0.25, -0.2) is 4.79 Å². The standard InChI is InChI=1S/C36H34F3N3O11/c1-49-24-12-8-22(9-13-24)35(21-6-4-3-5-7-21,23-10-14-25(50-2)15-11-23)53-31-26(20-51-29(46)17-16-28(44)45)52-32(30(31)41-33(47)36(37,38)39)42-19-18-27(43)40-34(42)48/h3-15,18-19,26,30-32H,16-17,20H2,1-2H3,(H,41,47)(H,44,45)(H,40,43,48)/t26-,30-,31-,32-/m1/s1. The molecule has 1 fully saturated rings. The van der Waals surface area contributed by atoms with E-state index in [1.54, 1.807) is 78.9 Å². The number of esters is 1. The summed E-state index contributed by atoms with van der Waals surface area (Å²) >= 11 is 0. The van der Waals surface area contributed by atoms with E-state index in [4.69, 9.17) is 28.8 Å². The van der Waals surface area contributed by atoms with Gasteiger partial charge in [0.25, 0.3) is 5.56 Å². The van der Waals surface area contributed by atoms with Crippen molar-refractivity contribution < 1.29 is 56.3 Å². The molecule has 0 unspecified atom stereocenters. The lowest BCUT2D eigenvalue weighted by molar-refractivity contribution is -0.176. The highest BCUT2D eigenvalue weighted by Gasteiger charge is 2.54. The number of aromatic nitrogens is 2. The summed E-state index contributed by atoms with van der Waals surface area (Å²) in [6, 6.07) is 20.9. The summed E-state index contributed by atoms with van der Waals surface area (Å²) in [7, 11) is 2.93. The number of aliphatic carboxylic acids is 1. The van der Waals surface area contributed by atoms with E-state index in [-0.39, 0.29) is 0 Å². The quantitative estimate of drug-likeness (QED) is 0.127. The molecule has 280 valence electrons. The summed E-state index contributed by atoms with van der Waals surface area (Å²) in [5.74, 6) is -3.73. The molecule has 5 rings (SSSR count). The van der Waals surface area contributed by atoms with Gasteiger partial charge in [0.15, 0.2) is 6.23 Å². The Morgan fingerprint density at radius 1 is 0.849 bits per heavy atom. The number of carbonyl (C=O) groups is 3. The lowest BCUT2D eigenvalue weighted by Gasteiger charge is -2.40. The van der Waals surface area contributed by atoms with Crippen LogP contribution in [0.4, 0.5) is 13.2 Å². The Morgan fingerprint density at radius 2 is 1.42 bits per heavy atom. The first-order valence-corrected chi connectivity index (χ1v) is 16.0. The van der Waals surface area contributed by atoms with Gasteiger partial charge >= 0.3 is 29.7 Å².